The second-order valence-corrected chi connectivity index (χ2v) is 2.55. The third-order valence-electron chi connectivity index (χ3n) is 1.78. The van der Waals surface area contributed by atoms with Crippen molar-refractivity contribution in [3.05, 3.63) is 25.0 Å². The first-order chi connectivity index (χ1) is 6.45. The second-order valence-electron chi connectivity index (χ2n) is 2.55. The first kappa shape index (κ1) is 6.41. The Bertz CT molecular complexity index is 489. The summed E-state index contributed by atoms with van der Waals surface area (Å²) in [5.41, 5.74) is 1.40. The van der Waals surface area contributed by atoms with Crippen molar-refractivity contribution in [3.8, 4) is 5.75 Å². The number of rotatable bonds is 0. The Balaban J connectivity index is 2.38. The van der Waals surface area contributed by atoms with Crippen LogP contribution in [-0.2, 0) is 0 Å². The number of nitrogens with zero attached hydrogens (tertiary/aromatic N) is 4. The molecular weight excluding hydrogens is 170 g/mol. The standard InChI is InChI=1S/C7H5N5O/c1-2-13-6-5(8-1)3-10-12-4-9-11-7(6)12/h1-4,8H. The molecule has 0 bridgehead atoms. The summed E-state index contributed by atoms with van der Waals surface area (Å²) in [5.74, 6) is 0.648. The van der Waals surface area contributed by atoms with Crippen molar-refractivity contribution in [1.82, 2.24) is 19.8 Å². The molecule has 1 aliphatic heterocycles. The molecule has 0 saturated heterocycles. The van der Waals surface area contributed by atoms with Gasteiger partial charge in [0.15, 0.2) is 5.75 Å². The van der Waals surface area contributed by atoms with E-state index in [0.717, 1.165) is 5.69 Å². The quantitative estimate of drug-likeness (QED) is 0.627. The summed E-state index contributed by atoms with van der Waals surface area (Å²) < 4.78 is 6.84. The minimum Gasteiger partial charge on any atom is -0.457 e. The fourth-order valence-electron chi connectivity index (χ4n) is 1.21. The maximum atomic E-state index is 5.29. The molecule has 3 rings (SSSR count). The predicted octanol–water partition coefficient (Wildman–Crippen LogP) is 0.400. The summed E-state index contributed by atoms with van der Waals surface area (Å²) in [6.07, 6.45) is 6.43. The van der Waals surface area contributed by atoms with Crippen molar-refractivity contribution in [2.45, 2.75) is 0 Å². The topological polar surface area (TPSA) is 64.3 Å². The van der Waals surface area contributed by atoms with E-state index in [9.17, 15) is 0 Å². The second kappa shape index (κ2) is 2.19. The van der Waals surface area contributed by atoms with Gasteiger partial charge >= 0.3 is 0 Å². The lowest BCUT2D eigenvalue weighted by Crippen LogP contribution is -2.03. The van der Waals surface area contributed by atoms with Crippen LogP contribution in [-0.4, -0.2) is 19.8 Å². The average Bonchev–Trinajstić information content (AvgIpc) is 2.65. The average molecular weight is 175 g/mol. The van der Waals surface area contributed by atoms with E-state index in [2.05, 4.69) is 20.6 Å². The lowest BCUT2D eigenvalue weighted by Gasteiger charge is -2.11. The van der Waals surface area contributed by atoms with Gasteiger partial charge in [-0.3, -0.25) is 0 Å². The highest BCUT2D eigenvalue weighted by Crippen LogP contribution is 2.29. The molecule has 3 heterocycles. The smallest absolute Gasteiger partial charge is 0.222 e. The van der Waals surface area contributed by atoms with Crippen LogP contribution in [0.1, 0.15) is 0 Å². The molecule has 0 spiro atoms. The van der Waals surface area contributed by atoms with E-state index in [1.165, 1.54) is 6.33 Å². The van der Waals surface area contributed by atoms with Crippen molar-refractivity contribution in [2.24, 2.45) is 0 Å². The zero-order chi connectivity index (χ0) is 8.67. The summed E-state index contributed by atoms with van der Waals surface area (Å²) in [6.45, 7) is 0. The molecule has 13 heavy (non-hydrogen) atoms. The number of hydrogen-bond acceptors (Lipinski definition) is 5. The van der Waals surface area contributed by atoms with Crippen LogP contribution >= 0.6 is 0 Å². The molecule has 1 N–H and O–H groups in total. The minimum atomic E-state index is 0.606. The van der Waals surface area contributed by atoms with Gasteiger partial charge in [-0.25, -0.2) is 0 Å². The van der Waals surface area contributed by atoms with Gasteiger partial charge in [0.2, 0.25) is 5.65 Å². The number of anilines is 1. The van der Waals surface area contributed by atoms with E-state index in [4.69, 9.17) is 4.74 Å². The van der Waals surface area contributed by atoms with Gasteiger partial charge in [0.25, 0.3) is 0 Å². The van der Waals surface area contributed by atoms with Gasteiger partial charge in [-0.05, 0) is 0 Å². The Morgan fingerprint density at radius 3 is 3.46 bits per heavy atom. The Morgan fingerprint density at radius 1 is 1.46 bits per heavy atom. The molecule has 0 unspecified atom stereocenters. The van der Waals surface area contributed by atoms with Gasteiger partial charge in [0.1, 0.15) is 18.3 Å². The molecular formula is C7H5N5O. The summed E-state index contributed by atoms with van der Waals surface area (Å²) in [6, 6.07) is 0. The van der Waals surface area contributed by atoms with Crippen molar-refractivity contribution < 1.29 is 4.74 Å². The Morgan fingerprint density at radius 2 is 2.46 bits per heavy atom. The summed E-state index contributed by atoms with van der Waals surface area (Å²) in [7, 11) is 0. The summed E-state index contributed by atoms with van der Waals surface area (Å²) in [5, 5.41) is 14.7. The molecule has 0 fully saturated rings. The molecule has 6 heteroatoms. The monoisotopic (exact) mass is 175 g/mol. The number of ether oxygens (including phenoxy) is 1. The van der Waals surface area contributed by atoms with Gasteiger partial charge in [0, 0.05) is 6.20 Å². The highest BCUT2D eigenvalue weighted by atomic mass is 16.5. The van der Waals surface area contributed by atoms with Gasteiger partial charge < -0.3 is 10.1 Å². The van der Waals surface area contributed by atoms with Gasteiger partial charge in [-0.15, -0.1) is 10.2 Å². The maximum Gasteiger partial charge on any atom is 0.222 e. The van der Waals surface area contributed by atoms with Crippen LogP contribution in [0, 0.1) is 0 Å². The number of aromatic nitrogens is 4. The normalized spacial score (nSPS) is 13.5. The van der Waals surface area contributed by atoms with Crippen molar-refractivity contribution in [2.75, 3.05) is 5.32 Å². The number of hydrogen-bond donors (Lipinski definition) is 1. The number of nitrogens with one attached hydrogen (secondary N) is 1. The van der Waals surface area contributed by atoms with E-state index in [1.54, 1.807) is 23.2 Å². The first-order valence-electron chi connectivity index (χ1n) is 3.72. The van der Waals surface area contributed by atoms with Crippen molar-refractivity contribution >= 4 is 11.3 Å². The Hall–Kier alpha value is -2.11. The number of fused-ring (bicyclic) bond motifs is 3. The minimum absolute atomic E-state index is 0.606. The van der Waals surface area contributed by atoms with E-state index in [-0.39, 0.29) is 0 Å². The van der Waals surface area contributed by atoms with Crippen LogP contribution in [0.15, 0.2) is 25.0 Å². The SMILES string of the molecule is C1=COc2c(cnn3cnnc23)N1. The molecule has 1 aliphatic rings. The highest BCUT2D eigenvalue weighted by molar-refractivity contribution is 5.70. The van der Waals surface area contributed by atoms with Crippen LogP contribution in [0.4, 0.5) is 5.69 Å². The van der Waals surface area contributed by atoms with Crippen molar-refractivity contribution in [1.29, 1.82) is 0 Å². The predicted molar refractivity (Wildman–Crippen MR) is 44.2 cm³/mol. The zero-order valence-corrected chi connectivity index (χ0v) is 6.51. The fraction of sp³-hybridized carbons (Fsp3) is 0. The third kappa shape index (κ3) is 0.792. The maximum absolute atomic E-state index is 5.29. The van der Waals surface area contributed by atoms with Crippen LogP contribution in [0.5, 0.6) is 5.75 Å². The first-order valence-corrected chi connectivity index (χ1v) is 3.72. The molecule has 0 aliphatic carbocycles. The van der Waals surface area contributed by atoms with Crippen LogP contribution in [0.2, 0.25) is 0 Å². The Kier molecular flexibility index (Phi) is 1.08. The van der Waals surface area contributed by atoms with E-state index < -0.39 is 0 Å². The molecule has 0 radical (unpaired) electrons. The molecule has 0 saturated carbocycles. The van der Waals surface area contributed by atoms with Gasteiger partial charge in [0.05, 0.1) is 6.20 Å². The summed E-state index contributed by atoms with van der Waals surface area (Å²) in [4.78, 5) is 0. The lowest BCUT2D eigenvalue weighted by molar-refractivity contribution is 0.477. The van der Waals surface area contributed by atoms with Crippen LogP contribution in [0.3, 0.4) is 0 Å². The Labute approximate surface area is 72.8 Å². The molecule has 2 aromatic rings. The van der Waals surface area contributed by atoms with E-state index in [1.807, 2.05) is 0 Å². The lowest BCUT2D eigenvalue weighted by atomic mass is 10.4. The van der Waals surface area contributed by atoms with E-state index in [0.29, 0.717) is 11.4 Å². The molecule has 6 nitrogen and oxygen atoms in total. The van der Waals surface area contributed by atoms with Gasteiger partial charge in [-0.1, -0.05) is 0 Å². The highest BCUT2D eigenvalue weighted by Gasteiger charge is 2.13. The third-order valence-corrected chi connectivity index (χ3v) is 1.78. The zero-order valence-electron chi connectivity index (χ0n) is 6.51. The van der Waals surface area contributed by atoms with E-state index >= 15 is 0 Å². The van der Waals surface area contributed by atoms with Crippen molar-refractivity contribution in [3.63, 3.8) is 0 Å². The molecule has 0 atom stereocenters. The fourth-order valence-corrected chi connectivity index (χ4v) is 1.21. The largest absolute Gasteiger partial charge is 0.457 e. The molecule has 0 aromatic carbocycles. The van der Waals surface area contributed by atoms with Crippen LogP contribution < -0.4 is 10.1 Å². The molecule has 0 amide bonds. The van der Waals surface area contributed by atoms with Crippen LogP contribution in [0.25, 0.3) is 5.65 Å². The van der Waals surface area contributed by atoms with Gasteiger partial charge in [-0.2, -0.15) is 9.61 Å². The molecule has 64 valence electrons. The summed E-state index contributed by atoms with van der Waals surface area (Å²) >= 11 is 0. The molecule has 2 aromatic heterocycles.